The van der Waals surface area contributed by atoms with Crippen LogP contribution in [0, 0.1) is 0 Å². The molecule has 1 amide bonds. The molecule has 0 aliphatic heterocycles. The third-order valence-corrected chi connectivity index (χ3v) is 4.81. The van der Waals surface area contributed by atoms with Crippen molar-refractivity contribution in [1.82, 2.24) is 4.98 Å². The van der Waals surface area contributed by atoms with Crippen molar-refractivity contribution in [3.63, 3.8) is 0 Å². The quantitative estimate of drug-likeness (QED) is 0.617. The Bertz CT molecular complexity index is 901. The molecule has 0 fully saturated rings. The summed E-state index contributed by atoms with van der Waals surface area (Å²) in [5.41, 5.74) is 1.62. The van der Waals surface area contributed by atoms with Gasteiger partial charge in [-0.25, -0.2) is 4.98 Å². The van der Waals surface area contributed by atoms with Gasteiger partial charge >= 0.3 is 0 Å². The number of nitrogens with zero attached hydrogens (tertiary/aromatic N) is 1. The molecule has 1 aromatic heterocycles. The fraction of sp³-hybridized carbons (Fsp3) is 0.158. The molecular weight excluding hydrogens is 356 g/mol. The van der Waals surface area contributed by atoms with Crippen molar-refractivity contribution < 1.29 is 9.53 Å². The lowest BCUT2D eigenvalue weighted by Gasteiger charge is -2.08. The predicted molar refractivity (Wildman–Crippen MR) is 104 cm³/mol. The smallest absolute Gasteiger partial charge is 0.225 e. The van der Waals surface area contributed by atoms with Gasteiger partial charge in [-0.3, -0.25) is 4.79 Å². The third kappa shape index (κ3) is 4.65. The molecule has 0 aliphatic rings. The number of anilines is 1. The molecule has 6 heteroatoms. The molecule has 0 spiro atoms. The van der Waals surface area contributed by atoms with E-state index >= 15 is 0 Å². The number of carbonyl (C=O) groups is 1. The number of amides is 1. The highest BCUT2D eigenvalue weighted by Crippen LogP contribution is 2.27. The van der Waals surface area contributed by atoms with Crippen LogP contribution >= 0.6 is 23.4 Å². The Hall–Kier alpha value is -2.24. The van der Waals surface area contributed by atoms with Gasteiger partial charge in [-0.1, -0.05) is 35.9 Å². The summed E-state index contributed by atoms with van der Waals surface area (Å²) in [6.07, 6.45) is 0.392. The lowest BCUT2D eigenvalue weighted by molar-refractivity contribution is -0.115. The topological polar surface area (TPSA) is 51.2 Å². The number of ether oxygens (including phenoxy) is 1. The van der Waals surface area contributed by atoms with E-state index in [1.54, 1.807) is 37.1 Å². The maximum absolute atomic E-state index is 12.1. The van der Waals surface area contributed by atoms with E-state index in [2.05, 4.69) is 10.3 Å². The highest BCUT2D eigenvalue weighted by atomic mass is 35.5. The van der Waals surface area contributed by atoms with Gasteiger partial charge in [0.2, 0.25) is 5.91 Å². The van der Waals surface area contributed by atoms with Crippen LogP contribution in [0.15, 0.2) is 59.6 Å². The summed E-state index contributed by atoms with van der Waals surface area (Å²) in [4.78, 5) is 16.6. The van der Waals surface area contributed by atoms with Crippen LogP contribution in [0.1, 0.15) is 6.42 Å². The number of carbonyl (C=O) groups excluding carboxylic acids is 1. The second kappa shape index (κ2) is 8.23. The number of aromatic nitrogens is 1. The first-order valence-corrected chi connectivity index (χ1v) is 9.14. The van der Waals surface area contributed by atoms with Crippen LogP contribution in [0.3, 0.4) is 0 Å². The standard InChI is InChI=1S/C19H17ClN2O2S/c1-24-17-8-7-14(12-15(17)20)21-18(23)10-11-25-19-9-6-13-4-2-3-5-16(13)22-19/h2-9,12H,10-11H2,1H3,(H,21,23). The zero-order chi connectivity index (χ0) is 17.6. The number of halogens is 1. The molecule has 0 saturated carbocycles. The summed E-state index contributed by atoms with van der Waals surface area (Å²) in [5, 5.41) is 5.33. The van der Waals surface area contributed by atoms with E-state index in [0.717, 1.165) is 15.9 Å². The molecule has 128 valence electrons. The van der Waals surface area contributed by atoms with Crippen LogP contribution in [0.2, 0.25) is 5.02 Å². The van der Waals surface area contributed by atoms with E-state index in [0.29, 0.717) is 28.6 Å². The van der Waals surface area contributed by atoms with E-state index in [1.807, 2.05) is 36.4 Å². The summed E-state index contributed by atoms with van der Waals surface area (Å²) in [7, 11) is 1.55. The molecule has 3 rings (SSSR count). The van der Waals surface area contributed by atoms with Gasteiger partial charge in [0.1, 0.15) is 5.75 Å². The number of thioether (sulfide) groups is 1. The van der Waals surface area contributed by atoms with Crippen LogP contribution in [0.4, 0.5) is 5.69 Å². The number of benzene rings is 2. The summed E-state index contributed by atoms with van der Waals surface area (Å²) in [6.45, 7) is 0. The Labute approximate surface area is 155 Å². The average Bonchev–Trinajstić information content (AvgIpc) is 2.62. The van der Waals surface area contributed by atoms with Crippen molar-refractivity contribution >= 4 is 45.9 Å². The first kappa shape index (κ1) is 17.6. The minimum atomic E-state index is -0.0606. The molecule has 0 bridgehead atoms. The lowest BCUT2D eigenvalue weighted by atomic mass is 10.2. The number of hydrogen-bond acceptors (Lipinski definition) is 4. The first-order valence-electron chi connectivity index (χ1n) is 7.78. The van der Waals surface area contributed by atoms with Crippen LogP contribution in [0.25, 0.3) is 10.9 Å². The molecule has 0 atom stereocenters. The van der Waals surface area contributed by atoms with Crippen molar-refractivity contribution in [3.05, 3.63) is 59.6 Å². The average molecular weight is 373 g/mol. The van der Waals surface area contributed by atoms with Gasteiger partial charge in [-0.2, -0.15) is 0 Å². The molecule has 0 unspecified atom stereocenters. The van der Waals surface area contributed by atoms with Gasteiger partial charge in [0.15, 0.2) is 0 Å². The number of fused-ring (bicyclic) bond motifs is 1. The normalized spacial score (nSPS) is 10.6. The Balaban J connectivity index is 1.52. The number of nitrogens with one attached hydrogen (secondary N) is 1. The van der Waals surface area contributed by atoms with Crippen LogP contribution < -0.4 is 10.1 Å². The summed E-state index contributed by atoms with van der Waals surface area (Å²) in [5.74, 6) is 1.17. The maximum Gasteiger partial charge on any atom is 0.225 e. The van der Waals surface area contributed by atoms with Crippen LogP contribution in [0.5, 0.6) is 5.75 Å². The van der Waals surface area contributed by atoms with E-state index in [9.17, 15) is 4.79 Å². The molecular formula is C19H17ClN2O2S. The van der Waals surface area contributed by atoms with E-state index < -0.39 is 0 Å². The fourth-order valence-corrected chi connectivity index (χ4v) is 3.43. The molecule has 1 heterocycles. The highest BCUT2D eigenvalue weighted by molar-refractivity contribution is 7.99. The van der Waals surface area contributed by atoms with Crippen molar-refractivity contribution in [2.75, 3.05) is 18.2 Å². The van der Waals surface area contributed by atoms with Crippen molar-refractivity contribution in [1.29, 1.82) is 0 Å². The largest absolute Gasteiger partial charge is 0.495 e. The number of methoxy groups -OCH3 is 1. The van der Waals surface area contributed by atoms with Crippen LogP contribution in [-0.4, -0.2) is 23.8 Å². The monoisotopic (exact) mass is 372 g/mol. The highest BCUT2D eigenvalue weighted by Gasteiger charge is 2.07. The van der Waals surface area contributed by atoms with Gasteiger partial charge in [0.25, 0.3) is 0 Å². The predicted octanol–water partition coefficient (Wildman–Crippen LogP) is 5.02. The van der Waals surface area contributed by atoms with E-state index in [1.165, 1.54) is 0 Å². The molecule has 0 aliphatic carbocycles. The van der Waals surface area contributed by atoms with Gasteiger partial charge < -0.3 is 10.1 Å². The van der Waals surface area contributed by atoms with Gasteiger partial charge in [0, 0.05) is 23.2 Å². The Morgan fingerprint density at radius 2 is 2.04 bits per heavy atom. The minimum absolute atomic E-state index is 0.0606. The molecule has 4 nitrogen and oxygen atoms in total. The summed E-state index contributed by atoms with van der Waals surface area (Å²) < 4.78 is 5.09. The number of hydrogen-bond donors (Lipinski definition) is 1. The third-order valence-electron chi connectivity index (χ3n) is 3.59. The Morgan fingerprint density at radius 1 is 1.20 bits per heavy atom. The second-order valence-electron chi connectivity index (χ2n) is 5.34. The second-order valence-corrected chi connectivity index (χ2v) is 6.86. The molecule has 0 radical (unpaired) electrons. The van der Waals surface area contributed by atoms with Crippen LogP contribution in [-0.2, 0) is 4.79 Å². The Morgan fingerprint density at radius 3 is 2.84 bits per heavy atom. The molecule has 1 N–H and O–H groups in total. The first-order chi connectivity index (χ1) is 12.2. The Kier molecular flexibility index (Phi) is 5.79. The summed E-state index contributed by atoms with van der Waals surface area (Å²) in [6, 6.07) is 17.2. The number of para-hydroxylation sites is 1. The van der Waals surface area contributed by atoms with Gasteiger partial charge in [-0.15, -0.1) is 11.8 Å². The maximum atomic E-state index is 12.1. The zero-order valence-electron chi connectivity index (χ0n) is 13.7. The number of rotatable bonds is 6. The lowest BCUT2D eigenvalue weighted by Crippen LogP contribution is -2.12. The molecule has 3 aromatic rings. The van der Waals surface area contributed by atoms with Gasteiger partial charge in [-0.05, 0) is 30.3 Å². The molecule has 25 heavy (non-hydrogen) atoms. The summed E-state index contributed by atoms with van der Waals surface area (Å²) >= 11 is 7.62. The van der Waals surface area contributed by atoms with Crippen molar-refractivity contribution in [2.45, 2.75) is 11.4 Å². The van der Waals surface area contributed by atoms with E-state index in [-0.39, 0.29) is 5.91 Å². The van der Waals surface area contributed by atoms with E-state index in [4.69, 9.17) is 16.3 Å². The molecule has 0 saturated heterocycles. The van der Waals surface area contributed by atoms with Gasteiger partial charge in [0.05, 0.1) is 22.7 Å². The number of pyridine rings is 1. The zero-order valence-corrected chi connectivity index (χ0v) is 15.2. The molecule has 2 aromatic carbocycles. The van der Waals surface area contributed by atoms with Crippen molar-refractivity contribution in [2.24, 2.45) is 0 Å². The van der Waals surface area contributed by atoms with Crippen molar-refractivity contribution in [3.8, 4) is 5.75 Å². The minimum Gasteiger partial charge on any atom is -0.495 e. The SMILES string of the molecule is COc1ccc(NC(=O)CCSc2ccc3ccccc3n2)cc1Cl. The fourth-order valence-electron chi connectivity index (χ4n) is 2.34.